The van der Waals surface area contributed by atoms with Gasteiger partial charge in [0.2, 0.25) is 5.91 Å². The molecular formula is C16H33NO6. The first-order chi connectivity index (χ1) is 10.8. The Kier molecular flexibility index (Phi) is 12.3. The first-order valence-electron chi connectivity index (χ1n) is 8.42. The van der Waals surface area contributed by atoms with Gasteiger partial charge in [0.05, 0.1) is 6.61 Å². The van der Waals surface area contributed by atoms with Gasteiger partial charge in [0.15, 0.2) is 0 Å². The van der Waals surface area contributed by atoms with Crippen LogP contribution in [0.5, 0.6) is 0 Å². The molecule has 23 heavy (non-hydrogen) atoms. The molecule has 0 aromatic heterocycles. The Hall–Kier alpha value is -0.730. The molecule has 0 bridgehead atoms. The molecule has 0 aliphatic carbocycles. The second-order valence-corrected chi connectivity index (χ2v) is 6.09. The number of aliphatic hydroxyl groups excluding tert-OH is 5. The van der Waals surface area contributed by atoms with Crippen molar-refractivity contribution >= 4 is 5.91 Å². The number of unbranched alkanes of at least 4 members (excludes halogenated alkanes) is 5. The lowest BCUT2D eigenvalue weighted by Gasteiger charge is -2.28. The third-order valence-electron chi connectivity index (χ3n) is 3.96. The van der Waals surface area contributed by atoms with Gasteiger partial charge in [0.1, 0.15) is 24.4 Å². The van der Waals surface area contributed by atoms with E-state index in [0.717, 1.165) is 19.3 Å². The Balaban J connectivity index is 4.05. The minimum atomic E-state index is -1.67. The molecule has 0 aliphatic heterocycles. The summed E-state index contributed by atoms with van der Waals surface area (Å²) in [5.41, 5.74) is 0. The molecule has 1 amide bonds. The molecule has 0 aromatic rings. The highest BCUT2D eigenvalue weighted by molar-refractivity contribution is 5.75. The highest BCUT2D eigenvalue weighted by atomic mass is 16.4. The van der Waals surface area contributed by atoms with Crippen molar-refractivity contribution in [1.82, 2.24) is 4.90 Å². The number of amides is 1. The van der Waals surface area contributed by atoms with Gasteiger partial charge in [-0.1, -0.05) is 39.0 Å². The lowest BCUT2D eigenvalue weighted by atomic mass is 10.0. The molecule has 7 heteroatoms. The number of hydrogen-bond donors (Lipinski definition) is 5. The van der Waals surface area contributed by atoms with Gasteiger partial charge in [-0.25, -0.2) is 0 Å². The molecule has 0 aliphatic rings. The third-order valence-corrected chi connectivity index (χ3v) is 3.96. The van der Waals surface area contributed by atoms with Gasteiger partial charge in [0.25, 0.3) is 0 Å². The molecule has 0 radical (unpaired) electrons. The van der Waals surface area contributed by atoms with E-state index in [1.165, 1.54) is 31.2 Å². The van der Waals surface area contributed by atoms with E-state index < -0.39 is 31.0 Å². The summed E-state index contributed by atoms with van der Waals surface area (Å²) in [6, 6.07) is 0. The second-order valence-electron chi connectivity index (χ2n) is 6.09. The van der Waals surface area contributed by atoms with Crippen molar-refractivity contribution in [2.75, 3.05) is 20.2 Å². The molecule has 0 rings (SSSR count). The number of aliphatic hydroxyl groups is 5. The SMILES string of the molecule is CCCCCCCCC(=O)N(C)C[C@H](O)[C@@H](O)[C@H](O)[C@H](O)CO. The summed E-state index contributed by atoms with van der Waals surface area (Å²) < 4.78 is 0. The quantitative estimate of drug-likeness (QED) is 0.293. The average molecular weight is 335 g/mol. The van der Waals surface area contributed by atoms with Crippen LogP contribution >= 0.6 is 0 Å². The number of hydrogen-bond acceptors (Lipinski definition) is 6. The molecule has 138 valence electrons. The normalized spacial score (nSPS) is 16.7. The van der Waals surface area contributed by atoms with Gasteiger partial charge < -0.3 is 30.4 Å². The Morgan fingerprint density at radius 1 is 0.913 bits per heavy atom. The summed E-state index contributed by atoms with van der Waals surface area (Å²) >= 11 is 0. The maximum Gasteiger partial charge on any atom is 0.222 e. The van der Waals surface area contributed by atoms with Crippen molar-refractivity contribution in [2.45, 2.75) is 76.3 Å². The van der Waals surface area contributed by atoms with Crippen LogP contribution in [0.2, 0.25) is 0 Å². The molecule has 5 N–H and O–H groups in total. The minimum absolute atomic E-state index is 0.135. The van der Waals surface area contributed by atoms with Crippen molar-refractivity contribution in [3.63, 3.8) is 0 Å². The fourth-order valence-corrected chi connectivity index (χ4v) is 2.30. The molecular weight excluding hydrogens is 302 g/mol. The number of likely N-dealkylation sites (N-methyl/N-ethyl adjacent to an activating group) is 1. The first-order valence-corrected chi connectivity index (χ1v) is 8.42. The standard InChI is InChI=1S/C16H33NO6/c1-3-4-5-6-7-8-9-14(21)17(2)10-12(19)15(22)16(23)13(20)11-18/h12-13,15-16,18-20,22-23H,3-11H2,1-2H3/t12-,13+,15+,16+/m0/s1. The molecule has 0 saturated heterocycles. The van der Waals surface area contributed by atoms with E-state index in [1.807, 2.05) is 0 Å². The van der Waals surface area contributed by atoms with Crippen molar-refractivity contribution in [3.05, 3.63) is 0 Å². The maximum atomic E-state index is 11.9. The lowest BCUT2D eigenvalue weighted by molar-refractivity contribution is -0.138. The van der Waals surface area contributed by atoms with E-state index in [4.69, 9.17) is 5.11 Å². The van der Waals surface area contributed by atoms with Crippen molar-refractivity contribution < 1.29 is 30.3 Å². The van der Waals surface area contributed by atoms with Crippen LogP contribution in [-0.2, 0) is 4.79 Å². The maximum absolute atomic E-state index is 11.9. The van der Waals surface area contributed by atoms with Crippen LogP contribution in [0.15, 0.2) is 0 Å². The predicted octanol–water partition coefficient (Wildman–Crippen LogP) is -0.369. The zero-order valence-corrected chi connectivity index (χ0v) is 14.3. The van der Waals surface area contributed by atoms with Crippen LogP contribution < -0.4 is 0 Å². The highest BCUT2D eigenvalue weighted by Gasteiger charge is 2.31. The van der Waals surface area contributed by atoms with E-state index in [1.54, 1.807) is 0 Å². The average Bonchev–Trinajstić information content (AvgIpc) is 2.55. The predicted molar refractivity (Wildman–Crippen MR) is 86.7 cm³/mol. The Labute approximate surface area is 138 Å². The second kappa shape index (κ2) is 12.7. The van der Waals surface area contributed by atoms with Crippen LogP contribution in [-0.4, -0.2) is 81.0 Å². The van der Waals surface area contributed by atoms with Crippen LogP contribution in [0.1, 0.15) is 51.9 Å². The van der Waals surface area contributed by atoms with Gasteiger partial charge in [-0.15, -0.1) is 0 Å². The first kappa shape index (κ1) is 22.3. The third kappa shape index (κ3) is 9.22. The molecule has 7 nitrogen and oxygen atoms in total. The number of carbonyl (C=O) groups excluding carboxylic acids is 1. The van der Waals surface area contributed by atoms with Gasteiger partial charge >= 0.3 is 0 Å². The van der Waals surface area contributed by atoms with E-state index >= 15 is 0 Å². The van der Waals surface area contributed by atoms with Crippen LogP contribution in [0.3, 0.4) is 0 Å². The highest BCUT2D eigenvalue weighted by Crippen LogP contribution is 2.10. The van der Waals surface area contributed by atoms with Crippen molar-refractivity contribution in [1.29, 1.82) is 0 Å². The molecule has 0 heterocycles. The van der Waals surface area contributed by atoms with Gasteiger partial charge in [-0.2, -0.15) is 0 Å². The summed E-state index contributed by atoms with van der Waals surface area (Å²) in [4.78, 5) is 13.2. The van der Waals surface area contributed by atoms with E-state index in [0.29, 0.717) is 6.42 Å². The summed E-state index contributed by atoms with van der Waals surface area (Å²) in [7, 11) is 1.52. The number of rotatable bonds is 13. The summed E-state index contributed by atoms with van der Waals surface area (Å²) in [6.45, 7) is 1.28. The fraction of sp³-hybridized carbons (Fsp3) is 0.938. The monoisotopic (exact) mass is 335 g/mol. The number of carbonyl (C=O) groups is 1. The zero-order chi connectivity index (χ0) is 17.8. The molecule has 4 atom stereocenters. The Morgan fingerprint density at radius 2 is 1.43 bits per heavy atom. The van der Waals surface area contributed by atoms with Crippen molar-refractivity contribution in [3.8, 4) is 0 Å². The summed E-state index contributed by atoms with van der Waals surface area (Å²) in [6.07, 6.45) is 0.593. The van der Waals surface area contributed by atoms with Crippen LogP contribution in [0.25, 0.3) is 0 Å². The topological polar surface area (TPSA) is 121 Å². The molecule has 0 fully saturated rings. The van der Waals surface area contributed by atoms with E-state index in [-0.39, 0.29) is 12.5 Å². The largest absolute Gasteiger partial charge is 0.394 e. The van der Waals surface area contributed by atoms with Gasteiger partial charge in [-0.05, 0) is 6.42 Å². The molecule has 0 saturated carbocycles. The Bertz CT molecular complexity index is 315. The minimum Gasteiger partial charge on any atom is -0.394 e. The van der Waals surface area contributed by atoms with Crippen LogP contribution in [0, 0.1) is 0 Å². The lowest BCUT2D eigenvalue weighted by Crippen LogP contribution is -2.49. The van der Waals surface area contributed by atoms with E-state index in [2.05, 4.69) is 6.92 Å². The molecule has 0 aromatic carbocycles. The van der Waals surface area contributed by atoms with Crippen LogP contribution in [0.4, 0.5) is 0 Å². The molecule has 0 unspecified atom stereocenters. The fourth-order valence-electron chi connectivity index (χ4n) is 2.30. The zero-order valence-electron chi connectivity index (χ0n) is 14.3. The summed E-state index contributed by atoms with van der Waals surface area (Å²) in [5.74, 6) is -0.135. The van der Waals surface area contributed by atoms with Gasteiger partial charge in [0, 0.05) is 20.0 Å². The van der Waals surface area contributed by atoms with Crippen molar-refractivity contribution in [2.24, 2.45) is 0 Å². The number of nitrogens with zero attached hydrogens (tertiary/aromatic N) is 1. The smallest absolute Gasteiger partial charge is 0.222 e. The summed E-state index contributed by atoms with van der Waals surface area (Å²) in [5, 5.41) is 47.0. The van der Waals surface area contributed by atoms with Gasteiger partial charge in [-0.3, -0.25) is 4.79 Å². The van der Waals surface area contributed by atoms with E-state index in [9.17, 15) is 25.2 Å². The molecule has 0 spiro atoms. The Morgan fingerprint density at radius 3 is 2.00 bits per heavy atom.